The Labute approximate surface area is 146 Å². The lowest BCUT2D eigenvalue weighted by molar-refractivity contribution is 0.0600. The molecule has 2 rings (SSSR count). The van der Waals surface area contributed by atoms with E-state index in [2.05, 4.69) is 23.5 Å². The van der Waals surface area contributed by atoms with Gasteiger partial charge in [-0.05, 0) is 54.8 Å². The number of hydrogen-bond acceptors (Lipinski definition) is 2. The van der Waals surface area contributed by atoms with Crippen LogP contribution in [0, 0.1) is 23.5 Å². The molecule has 0 saturated heterocycles. The zero-order valence-corrected chi connectivity index (χ0v) is 14.4. The van der Waals surface area contributed by atoms with Crippen molar-refractivity contribution in [3.63, 3.8) is 0 Å². The summed E-state index contributed by atoms with van der Waals surface area (Å²) in [6, 6.07) is 9.02. The van der Waals surface area contributed by atoms with Crippen molar-refractivity contribution >= 4 is 5.97 Å². The van der Waals surface area contributed by atoms with E-state index in [1.54, 1.807) is 24.3 Å². The number of methoxy groups -OCH3 is 1. The zero-order chi connectivity index (χ0) is 18.2. The molecule has 0 aliphatic heterocycles. The molecule has 0 N–H and O–H groups in total. The van der Waals surface area contributed by atoms with Crippen molar-refractivity contribution in [1.82, 2.24) is 0 Å². The third-order valence-electron chi connectivity index (χ3n) is 3.81. The SMILES string of the molecule is CCCCCc1cc(F)c(C#Cc2ccc(C(=O)OC)cc2)c(F)c1. The average Bonchev–Trinajstić information content (AvgIpc) is 2.61. The fraction of sp³-hybridized carbons (Fsp3) is 0.286. The molecular formula is C21H20F2O2. The van der Waals surface area contributed by atoms with E-state index in [1.807, 2.05) is 0 Å². The molecule has 2 aromatic rings. The maximum absolute atomic E-state index is 14.1. The predicted octanol–water partition coefficient (Wildman–Crippen LogP) is 4.88. The monoisotopic (exact) mass is 342 g/mol. The van der Waals surface area contributed by atoms with Crippen LogP contribution < -0.4 is 0 Å². The van der Waals surface area contributed by atoms with E-state index < -0.39 is 17.6 Å². The zero-order valence-electron chi connectivity index (χ0n) is 14.4. The van der Waals surface area contributed by atoms with Gasteiger partial charge >= 0.3 is 5.97 Å². The molecule has 0 spiro atoms. The number of unbranched alkanes of at least 4 members (excludes halogenated alkanes) is 2. The quantitative estimate of drug-likeness (QED) is 0.440. The fourth-order valence-electron chi connectivity index (χ4n) is 2.41. The molecule has 0 bridgehead atoms. The van der Waals surface area contributed by atoms with Crippen molar-refractivity contribution in [2.75, 3.05) is 7.11 Å². The molecular weight excluding hydrogens is 322 g/mol. The summed E-state index contributed by atoms with van der Waals surface area (Å²) in [5, 5.41) is 0. The minimum absolute atomic E-state index is 0.240. The topological polar surface area (TPSA) is 26.3 Å². The third-order valence-corrected chi connectivity index (χ3v) is 3.81. The third kappa shape index (κ3) is 5.15. The van der Waals surface area contributed by atoms with E-state index in [0.717, 1.165) is 19.3 Å². The summed E-state index contributed by atoms with van der Waals surface area (Å²) in [5.41, 5.74) is 1.35. The minimum atomic E-state index is -0.648. The van der Waals surface area contributed by atoms with E-state index >= 15 is 0 Å². The maximum atomic E-state index is 14.1. The Morgan fingerprint density at radius 1 is 1.04 bits per heavy atom. The van der Waals surface area contributed by atoms with Crippen LogP contribution in [-0.2, 0) is 11.2 Å². The van der Waals surface area contributed by atoms with E-state index in [-0.39, 0.29) is 5.56 Å². The summed E-state index contributed by atoms with van der Waals surface area (Å²) in [7, 11) is 1.30. The van der Waals surface area contributed by atoms with Gasteiger partial charge in [0.2, 0.25) is 0 Å². The Balaban J connectivity index is 2.18. The van der Waals surface area contributed by atoms with Gasteiger partial charge in [-0.25, -0.2) is 13.6 Å². The molecule has 0 aliphatic carbocycles. The van der Waals surface area contributed by atoms with Gasteiger partial charge in [0, 0.05) is 5.56 Å². The van der Waals surface area contributed by atoms with Crippen LogP contribution in [-0.4, -0.2) is 13.1 Å². The lowest BCUT2D eigenvalue weighted by Gasteiger charge is -2.04. The van der Waals surface area contributed by atoms with Crippen molar-refractivity contribution in [3.05, 3.63) is 70.3 Å². The molecule has 2 nitrogen and oxygen atoms in total. The molecule has 130 valence electrons. The molecule has 0 fully saturated rings. The summed E-state index contributed by atoms with van der Waals surface area (Å²) in [6.07, 6.45) is 3.66. The number of carbonyl (C=O) groups excluding carboxylic acids is 1. The second-order valence-corrected chi connectivity index (χ2v) is 5.71. The van der Waals surface area contributed by atoms with Crippen molar-refractivity contribution in [2.45, 2.75) is 32.6 Å². The van der Waals surface area contributed by atoms with Gasteiger partial charge in [0.1, 0.15) is 11.6 Å². The predicted molar refractivity (Wildman–Crippen MR) is 93.3 cm³/mol. The number of hydrogen-bond donors (Lipinski definition) is 0. The minimum Gasteiger partial charge on any atom is -0.465 e. The highest BCUT2D eigenvalue weighted by atomic mass is 19.1. The molecule has 25 heavy (non-hydrogen) atoms. The molecule has 0 amide bonds. The maximum Gasteiger partial charge on any atom is 0.337 e. The smallest absolute Gasteiger partial charge is 0.337 e. The summed E-state index contributed by atoms with van der Waals surface area (Å²) < 4.78 is 32.9. The van der Waals surface area contributed by atoms with Crippen LogP contribution in [0.15, 0.2) is 36.4 Å². The van der Waals surface area contributed by atoms with Crippen molar-refractivity contribution in [1.29, 1.82) is 0 Å². The van der Waals surface area contributed by atoms with Gasteiger partial charge in [-0.3, -0.25) is 0 Å². The lowest BCUT2D eigenvalue weighted by atomic mass is 10.0. The number of rotatable bonds is 5. The largest absolute Gasteiger partial charge is 0.465 e. The van der Waals surface area contributed by atoms with E-state index in [0.29, 0.717) is 23.1 Å². The highest BCUT2D eigenvalue weighted by molar-refractivity contribution is 5.89. The van der Waals surface area contributed by atoms with Crippen LogP contribution in [0.5, 0.6) is 0 Å². The highest BCUT2D eigenvalue weighted by Gasteiger charge is 2.09. The van der Waals surface area contributed by atoms with E-state index in [4.69, 9.17) is 0 Å². The van der Waals surface area contributed by atoms with Crippen LogP contribution in [0.1, 0.15) is 53.2 Å². The molecule has 4 heteroatoms. The fourth-order valence-corrected chi connectivity index (χ4v) is 2.41. The number of carbonyl (C=O) groups is 1. The molecule has 0 atom stereocenters. The number of aryl methyl sites for hydroxylation is 1. The van der Waals surface area contributed by atoms with E-state index in [9.17, 15) is 13.6 Å². The van der Waals surface area contributed by atoms with Crippen molar-refractivity contribution in [3.8, 4) is 11.8 Å². The average molecular weight is 342 g/mol. The van der Waals surface area contributed by atoms with Gasteiger partial charge in [-0.1, -0.05) is 31.6 Å². The first-order chi connectivity index (χ1) is 12.0. The number of benzene rings is 2. The first-order valence-electron chi connectivity index (χ1n) is 8.23. The van der Waals surface area contributed by atoms with Gasteiger partial charge in [0.05, 0.1) is 18.2 Å². The molecule has 2 aromatic carbocycles. The van der Waals surface area contributed by atoms with Gasteiger partial charge in [-0.15, -0.1) is 0 Å². The standard InChI is InChI=1S/C21H20F2O2/c1-3-4-5-6-16-13-19(22)18(20(23)14-16)12-9-15-7-10-17(11-8-15)21(24)25-2/h7-8,10-11,13-14H,3-6H2,1-2H3. The Morgan fingerprint density at radius 2 is 1.68 bits per heavy atom. The first kappa shape index (κ1) is 18.7. The Bertz CT molecular complexity index is 776. The normalized spacial score (nSPS) is 10.1. The molecule has 0 heterocycles. The summed E-state index contributed by atoms with van der Waals surface area (Å²) >= 11 is 0. The van der Waals surface area contributed by atoms with Crippen LogP contribution >= 0.6 is 0 Å². The molecule has 0 saturated carbocycles. The van der Waals surface area contributed by atoms with Crippen LogP contribution in [0.25, 0.3) is 0 Å². The van der Waals surface area contributed by atoms with Crippen molar-refractivity contribution < 1.29 is 18.3 Å². The summed E-state index contributed by atoms with van der Waals surface area (Å²) in [5.74, 6) is 3.51. The first-order valence-corrected chi connectivity index (χ1v) is 8.23. The molecule has 0 unspecified atom stereocenters. The van der Waals surface area contributed by atoms with Crippen molar-refractivity contribution in [2.24, 2.45) is 0 Å². The molecule has 0 radical (unpaired) electrons. The van der Waals surface area contributed by atoms with Crippen LogP contribution in [0.2, 0.25) is 0 Å². The summed E-state index contributed by atoms with van der Waals surface area (Å²) in [4.78, 5) is 11.4. The Hall–Kier alpha value is -2.67. The van der Waals surface area contributed by atoms with Gasteiger partial charge in [0.25, 0.3) is 0 Å². The van der Waals surface area contributed by atoms with Crippen LogP contribution in [0.3, 0.4) is 0 Å². The van der Waals surface area contributed by atoms with Gasteiger partial charge < -0.3 is 4.74 Å². The lowest BCUT2D eigenvalue weighted by Crippen LogP contribution is -2.00. The van der Waals surface area contributed by atoms with Gasteiger partial charge in [-0.2, -0.15) is 0 Å². The van der Waals surface area contributed by atoms with E-state index in [1.165, 1.54) is 19.2 Å². The number of esters is 1. The molecule has 0 aromatic heterocycles. The summed E-state index contributed by atoms with van der Waals surface area (Å²) in [6.45, 7) is 2.08. The number of ether oxygens (including phenoxy) is 1. The second kappa shape index (κ2) is 8.98. The number of halogens is 2. The Morgan fingerprint density at radius 3 is 2.24 bits per heavy atom. The second-order valence-electron chi connectivity index (χ2n) is 5.71. The Kier molecular flexibility index (Phi) is 6.71. The highest BCUT2D eigenvalue weighted by Crippen LogP contribution is 2.17. The van der Waals surface area contributed by atoms with Gasteiger partial charge in [0.15, 0.2) is 0 Å². The molecule has 0 aliphatic rings. The van der Waals surface area contributed by atoms with Crippen LogP contribution in [0.4, 0.5) is 8.78 Å².